The predicted octanol–water partition coefficient (Wildman–Crippen LogP) is 2.98. The molecule has 7 nitrogen and oxygen atoms in total. The second-order valence-electron chi connectivity index (χ2n) is 7.84. The summed E-state index contributed by atoms with van der Waals surface area (Å²) in [5, 5.41) is 16.1. The van der Waals surface area contributed by atoms with Crippen molar-refractivity contribution in [3.63, 3.8) is 0 Å². The van der Waals surface area contributed by atoms with Crippen LogP contribution in [-0.4, -0.2) is 48.6 Å². The number of aliphatic imine (C=N–C) groups is 1. The largest absolute Gasteiger partial charge is 0.444 e. The molecule has 2 aliphatic rings. The lowest BCUT2D eigenvalue weighted by molar-refractivity contribution is 0.164. The van der Waals surface area contributed by atoms with E-state index in [0.717, 1.165) is 81.6 Å². The third-order valence-electron chi connectivity index (χ3n) is 5.92. The molecule has 0 aromatic carbocycles. The quantitative estimate of drug-likeness (QED) is 0.367. The number of guanidine groups is 1. The van der Waals surface area contributed by atoms with Gasteiger partial charge in [0.15, 0.2) is 5.96 Å². The Morgan fingerprint density at radius 3 is 2.64 bits per heavy atom. The molecule has 156 valence electrons. The van der Waals surface area contributed by atoms with Gasteiger partial charge in [-0.05, 0) is 65.0 Å². The topological polar surface area (TPSA) is 89.5 Å². The van der Waals surface area contributed by atoms with Gasteiger partial charge in [-0.25, -0.2) is 4.98 Å². The van der Waals surface area contributed by atoms with Crippen molar-refractivity contribution in [2.75, 3.05) is 26.7 Å². The van der Waals surface area contributed by atoms with Crippen LogP contribution in [0.25, 0.3) is 0 Å². The average Bonchev–Trinajstić information content (AvgIpc) is 3.25. The number of likely N-dealkylation sites (tertiary alicyclic amines) is 1. The zero-order valence-electron chi connectivity index (χ0n) is 17.2. The molecule has 1 aromatic heterocycles. The van der Waals surface area contributed by atoms with E-state index in [-0.39, 0.29) is 35.9 Å². The highest BCUT2D eigenvalue weighted by Gasteiger charge is 2.28. The minimum absolute atomic E-state index is 0. The number of nitrogens with zero attached hydrogens (tertiary/aromatic N) is 4. The zero-order valence-corrected chi connectivity index (χ0v) is 19.5. The van der Waals surface area contributed by atoms with Crippen molar-refractivity contribution in [2.45, 2.75) is 58.5 Å². The number of nitrogens with one attached hydrogen (secondary N) is 2. The van der Waals surface area contributed by atoms with Gasteiger partial charge in [-0.1, -0.05) is 0 Å². The van der Waals surface area contributed by atoms with Crippen LogP contribution < -0.4 is 10.6 Å². The van der Waals surface area contributed by atoms with Crippen LogP contribution in [0.1, 0.15) is 49.4 Å². The Morgan fingerprint density at radius 1 is 1.29 bits per heavy atom. The zero-order chi connectivity index (χ0) is 19.2. The summed E-state index contributed by atoms with van der Waals surface area (Å²) in [5.41, 5.74) is 0.990. The third-order valence-corrected chi connectivity index (χ3v) is 5.92. The van der Waals surface area contributed by atoms with Crippen molar-refractivity contribution in [1.82, 2.24) is 20.5 Å². The van der Waals surface area contributed by atoms with Crippen LogP contribution in [0.15, 0.2) is 9.41 Å². The molecule has 2 heterocycles. The molecule has 2 fully saturated rings. The van der Waals surface area contributed by atoms with Gasteiger partial charge in [-0.15, -0.1) is 24.0 Å². The molecule has 8 heteroatoms. The van der Waals surface area contributed by atoms with E-state index < -0.39 is 0 Å². The first-order valence-electron chi connectivity index (χ1n) is 10.1. The number of hydrogen-bond acceptors (Lipinski definition) is 5. The lowest BCUT2D eigenvalue weighted by Gasteiger charge is -2.31. The highest BCUT2D eigenvalue weighted by atomic mass is 127. The van der Waals surface area contributed by atoms with E-state index in [2.05, 4.69) is 31.6 Å². The smallest absolute Gasteiger partial charge is 0.208 e. The number of oxazole rings is 1. The third kappa shape index (κ3) is 6.08. The van der Waals surface area contributed by atoms with Crippen molar-refractivity contribution >= 4 is 29.9 Å². The van der Waals surface area contributed by atoms with Crippen molar-refractivity contribution < 1.29 is 4.42 Å². The predicted molar refractivity (Wildman–Crippen MR) is 121 cm³/mol. The number of hydrogen-bond donors (Lipinski definition) is 2. The number of aromatic nitrogens is 1. The Labute approximate surface area is 185 Å². The SMILES string of the molecule is CN=C(NCC1CCN(Cc2nc(C)c(C)o2)CC1)NC1CCCC1C#N.I. The van der Waals surface area contributed by atoms with Gasteiger partial charge >= 0.3 is 0 Å². The maximum absolute atomic E-state index is 9.24. The van der Waals surface area contributed by atoms with Crippen LogP contribution in [0.4, 0.5) is 0 Å². The first-order chi connectivity index (χ1) is 13.1. The maximum Gasteiger partial charge on any atom is 0.208 e. The van der Waals surface area contributed by atoms with Crippen LogP contribution in [0.2, 0.25) is 0 Å². The number of halogens is 1. The van der Waals surface area contributed by atoms with E-state index in [4.69, 9.17) is 4.42 Å². The molecule has 1 saturated heterocycles. The normalized spacial score (nSPS) is 23.9. The molecule has 1 aliphatic carbocycles. The van der Waals surface area contributed by atoms with E-state index in [1.54, 1.807) is 7.05 Å². The number of nitriles is 1. The van der Waals surface area contributed by atoms with Crippen LogP contribution >= 0.6 is 24.0 Å². The lowest BCUT2D eigenvalue weighted by atomic mass is 9.97. The molecule has 0 spiro atoms. The summed E-state index contributed by atoms with van der Waals surface area (Å²) in [7, 11) is 1.80. The summed E-state index contributed by atoms with van der Waals surface area (Å²) in [6.45, 7) is 7.82. The van der Waals surface area contributed by atoms with Gasteiger partial charge in [-0.3, -0.25) is 9.89 Å². The second-order valence-corrected chi connectivity index (χ2v) is 7.84. The summed E-state index contributed by atoms with van der Waals surface area (Å²) < 4.78 is 5.71. The highest BCUT2D eigenvalue weighted by molar-refractivity contribution is 14.0. The molecule has 0 radical (unpaired) electrons. The Bertz CT molecular complexity index is 670. The molecule has 2 unspecified atom stereocenters. The van der Waals surface area contributed by atoms with Gasteiger partial charge in [0.05, 0.1) is 24.2 Å². The van der Waals surface area contributed by atoms with Gasteiger partial charge < -0.3 is 15.1 Å². The molecule has 0 amide bonds. The maximum atomic E-state index is 9.24. The van der Waals surface area contributed by atoms with Gasteiger partial charge in [0, 0.05) is 19.6 Å². The summed E-state index contributed by atoms with van der Waals surface area (Å²) in [5.74, 6) is 3.33. The van der Waals surface area contributed by atoms with Crippen LogP contribution in [0, 0.1) is 37.0 Å². The van der Waals surface area contributed by atoms with Crippen LogP contribution in [0.5, 0.6) is 0 Å². The van der Waals surface area contributed by atoms with E-state index >= 15 is 0 Å². The first kappa shape index (κ1) is 22.9. The lowest BCUT2D eigenvalue weighted by Crippen LogP contribution is -2.47. The minimum Gasteiger partial charge on any atom is -0.444 e. The van der Waals surface area contributed by atoms with Gasteiger partial charge in [0.25, 0.3) is 0 Å². The van der Waals surface area contributed by atoms with Gasteiger partial charge in [0.2, 0.25) is 5.89 Å². The van der Waals surface area contributed by atoms with Gasteiger partial charge in [-0.2, -0.15) is 5.26 Å². The molecule has 0 bridgehead atoms. The summed E-state index contributed by atoms with van der Waals surface area (Å²) >= 11 is 0. The Morgan fingerprint density at radius 2 is 2.04 bits per heavy atom. The standard InChI is InChI=1S/C20H32N6O.HI/c1-14-15(2)27-19(24-14)13-26-9-7-16(8-10-26)12-23-20(22-3)25-18-6-4-5-17(18)11-21;/h16-18H,4-10,12-13H2,1-3H3,(H2,22,23,25);1H. The number of piperidine rings is 1. The van der Waals surface area contributed by atoms with E-state index in [1.165, 1.54) is 0 Å². The molecule has 1 aromatic rings. The summed E-state index contributed by atoms with van der Waals surface area (Å²) in [6.07, 6.45) is 5.49. The van der Waals surface area contributed by atoms with Crippen LogP contribution in [-0.2, 0) is 6.54 Å². The fraction of sp³-hybridized carbons (Fsp3) is 0.750. The monoisotopic (exact) mass is 500 g/mol. The second kappa shape index (κ2) is 11.0. The Balaban J connectivity index is 0.00000280. The molecule has 1 aliphatic heterocycles. The van der Waals surface area contributed by atoms with Crippen molar-refractivity contribution in [1.29, 1.82) is 5.26 Å². The molecule has 3 rings (SSSR count). The highest BCUT2D eigenvalue weighted by Crippen LogP contribution is 2.24. The van der Waals surface area contributed by atoms with E-state index in [1.807, 2.05) is 13.8 Å². The van der Waals surface area contributed by atoms with Crippen molar-refractivity contribution in [3.8, 4) is 6.07 Å². The molecular formula is C20H33IN6O. The summed E-state index contributed by atoms with van der Waals surface area (Å²) in [6, 6.07) is 2.65. The Kier molecular flexibility index (Phi) is 9.02. The fourth-order valence-corrected chi connectivity index (χ4v) is 4.05. The number of aryl methyl sites for hydroxylation is 2. The minimum atomic E-state index is 0. The Hall–Kier alpha value is -1.34. The average molecular weight is 500 g/mol. The molecule has 28 heavy (non-hydrogen) atoms. The molecule has 2 N–H and O–H groups in total. The van der Waals surface area contributed by atoms with Gasteiger partial charge in [0.1, 0.15) is 5.76 Å². The van der Waals surface area contributed by atoms with Crippen molar-refractivity contribution in [2.24, 2.45) is 16.8 Å². The van der Waals surface area contributed by atoms with E-state index in [9.17, 15) is 5.26 Å². The first-order valence-corrected chi connectivity index (χ1v) is 10.1. The van der Waals surface area contributed by atoms with Crippen LogP contribution in [0.3, 0.4) is 0 Å². The molecule has 1 saturated carbocycles. The van der Waals surface area contributed by atoms with Crippen molar-refractivity contribution in [3.05, 3.63) is 17.3 Å². The number of rotatable bonds is 5. The molecule has 2 atom stereocenters. The van der Waals surface area contributed by atoms with E-state index in [0.29, 0.717) is 5.92 Å². The molecular weight excluding hydrogens is 467 g/mol. The summed E-state index contributed by atoms with van der Waals surface area (Å²) in [4.78, 5) is 11.2. The fourth-order valence-electron chi connectivity index (χ4n) is 4.05.